The van der Waals surface area contributed by atoms with Gasteiger partial charge in [0.2, 0.25) is 11.8 Å². The molecule has 5 heteroatoms. The van der Waals surface area contributed by atoms with Crippen molar-refractivity contribution >= 4 is 11.8 Å². The molecule has 1 aliphatic carbocycles. The second-order valence-corrected chi connectivity index (χ2v) is 5.92. The van der Waals surface area contributed by atoms with Gasteiger partial charge in [-0.3, -0.25) is 9.59 Å². The van der Waals surface area contributed by atoms with E-state index in [-0.39, 0.29) is 29.8 Å². The Bertz CT molecular complexity index is 351. The Morgan fingerprint density at radius 3 is 2.68 bits per heavy atom. The van der Waals surface area contributed by atoms with Crippen molar-refractivity contribution in [3.8, 4) is 0 Å². The van der Waals surface area contributed by atoms with E-state index in [4.69, 9.17) is 0 Å². The van der Waals surface area contributed by atoms with E-state index >= 15 is 0 Å². The molecule has 1 saturated carbocycles. The van der Waals surface area contributed by atoms with Crippen molar-refractivity contribution in [2.24, 2.45) is 11.3 Å². The molecule has 0 aromatic heterocycles. The molecule has 2 rings (SSSR count). The number of hydrogen-bond acceptors (Lipinski definition) is 3. The minimum absolute atomic E-state index is 0.0379. The molecule has 108 valence electrons. The van der Waals surface area contributed by atoms with E-state index < -0.39 is 0 Å². The molecule has 0 aromatic rings. The summed E-state index contributed by atoms with van der Waals surface area (Å²) < 4.78 is 0. The first-order valence-corrected chi connectivity index (χ1v) is 7.26. The highest BCUT2D eigenvalue weighted by molar-refractivity contribution is 5.89. The number of aliphatic hydroxyl groups excluding tert-OH is 1. The van der Waals surface area contributed by atoms with Gasteiger partial charge < -0.3 is 15.3 Å². The van der Waals surface area contributed by atoms with Crippen molar-refractivity contribution in [1.29, 1.82) is 0 Å². The fourth-order valence-electron chi connectivity index (χ4n) is 3.19. The first kappa shape index (κ1) is 14.3. The number of aliphatic hydroxyl groups is 1. The number of nitrogens with one attached hydrogen (secondary N) is 1. The summed E-state index contributed by atoms with van der Waals surface area (Å²) >= 11 is 0. The van der Waals surface area contributed by atoms with Crippen LogP contribution in [0.2, 0.25) is 0 Å². The summed E-state index contributed by atoms with van der Waals surface area (Å²) in [6.07, 6.45) is 4.54. The van der Waals surface area contributed by atoms with Crippen molar-refractivity contribution in [2.45, 2.75) is 39.0 Å². The predicted octanol–water partition coefficient (Wildman–Crippen LogP) is 0.524. The Morgan fingerprint density at radius 2 is 2.16 bits per heavy atom. The third-order valence-electron chi connectivity index (χ3n) is 4.60. The Labute approximate surface area is 114 Å². The van der Waals surface area contributed by atoms with E-state index in [2.05, 4.69) is 5.32 Å². The van der Waals surface area contributed by atoms with E-state index in [1.165, 1.54) is 0 Å². The molecule has 2 fully saturated rings. The number of carbonyl (C=O) groups excluding carboxylic acids is 2. The van der Waals surface area contributed by atoms with Crippen LogP contribution in [0.4, 0.5) is 0 Å². The third kappa shape index (κ3) is 3.08. The van der Waals surface area contributed by atoms with Crippen LogP contribution >= 0.6 is 0 Å². The van der Waals surface area contributed by atoms with Crippen LogP contribution in [-0.4, -0.2) is 48.1 Å². The molecule has 19 heavy (non-hydrogen) atoms. The average molecular weight is 268 g/mol. The zero-order valence-corrected chi connectivity index (χ0v) is 11.7. The summed E-state index contributed by atoms with van der Waals surface area (Å²) in [5.74, 6) is -0.186. The minimum Gasteiger partial charge on any atom is -0.396 e. The Kier molecular flexibility index (Phi) is 4.45. The molecule has 1 saturated heterocycles. The molecule has 1 aliphatic heterocycles. The molecule has 2 aliphatic rings. The second kappa shape index (κ2) is 5.90. The van der Waals surface area contributed by atoms with Gasteiger partial charge in [0.25, 0.3) is 0 Å². The number of carbonyl (C=O) groups is 2. The van der Waals surface area contributed by atoms with Crippen molar-refractivity contribution in [2.75, 3.05) is 26.2 Å². The molecule has 0 radical (unpaired) electrons. The fourth-order valence-corrected chi connectivity index (χ4v) is 3.19. The van der Waals surface area contributed by atoms with Crippen LogP contribution in [0.1, 0.15) is 39.0 Å². The first-order chi connectivity index (χ1) is 9.10. The van der Waals surface area contributed by atoms with Gasteiger partial charge in [-0.25, -0.2) is 0 Å². The van der Waals surface area contributed by atoms with E-state index in [0.717, 1.165) is 25.7 Å². The first-order valence-electron chi connectivity index (χ1n) is 7.26. The average Bonchev–Trinajstić information content (AvgIpc) is 3.03. The largest absolute Gasteiger partial charge is 0.396 e. The minimum atomic E-state index is -0.218. The van der Waals surface area contributed by atoms with E-state index in [9.17, 15) is 14.7 Å². The quantitative estimate of drug-likeness (QED) is 0.764. The number of hydrogen-bond donors (Lipinski definition) is 2. The molecule has 2 N–H and O–H groups in total. The highest BCUT2D eigenvalue weighted by atomic mass is 16.3. The molecule has 5 nitrogen and oxygen atoms in total. The van der Waals surface area contributed by atoms with Crippen LogP contribution in [0.25, 0.3) is 0 Å². The summed E-state index contributed by atoms with van der Waals surface area (Å²) in [5.41, 5.74) is -0.122. The van der Waals surface area contributed by atoms with E-state index in [0.29, 0.717) is 26.1 Å². The van der Waals surface area contributed by atoms with Gasteiger partial charge in [-0.1, -0.05) is 12.8 Å². The maximum Gasteiger partial charge on any atom is 0.225 e. The number of amides is 2. The SMILES string of the molecule is CCN1CC(C(=O)NCC2(CO)CCCC2)CC1=O. The van der Waals surface area contributed by atoms with Crippen molar-refractivity contribution in [3.05, 3.63) is 0 Å². The summed E-state index contributed by atoms with van der Waals surface area (Å²) in [6, 6.07) is 0. The predicted molar refractivity (Wildman–Crippen MR) is 71.4 cm³/mol. The Hall–Kier alpha value is -1.10. The van der Waals surface area contributed by atoms with Gasteiger partial charge in [0, 0.05) is 31.5 Å². The lowest BCUT2D eigenvalue weighted by atomic mass is 9.87. The third-order valence-corrected chi connectivity index (χ3v) is 4.60. The zero-order valence-electron chi connectivity index (χ0n) is 11.7. The van der Waals surface area contributed by atoms with Crippen LogP contribution in [0.5, 0.6) is 0 Å². The van der Waals surface area contributed by atoms with Gasteiger partial charge >= 0.3 is 0 Å². The standard InChI is InChI=1S/C14H24N2O3/c1-2-16-8-11(7-12(16)18)13(19)15-9-14(10-17)5-3-4-6-14/h11,17H,2-10H2,1H3,(H,15,19). The van der Waals surface area contributed by atoms with Crippen LogP contribution < -0.4 is 5.32 Å². The fraction of sp³-hybridized carbons (Fsp3) is 0.857. The number of nitrogens with zero attached hydrogens (tertiary/aromatic N) is 1. The van der Waals surface area contributed by atoms with Crippen molar-refractivity contribution in [3.63, 3.8) is 0 Å². The van der Waals surface area contributed by atoms with Gasteiger partial charge in [-0.05, 0) is 19.8 Å². The van der Waals surface area contributed by atoms with Gasteiger partial charge in [0.15, 0.2) is 0 Å². The monoisotopic (exact) mass is 268 g/mol. The lowest BCUT2D eigenvalue weighted by Gasteiger charge is -2.27. The lowest BCUT2D eigenvalue weighted by molar-refractivity contribution is -0.129. The van der Waals surface area contributed by atoms with Crippen molar-refractivity contribution in [1.82, 2.24) is 10.2 Å². The summed E-state index contributed by atoms with van der Waals surface area (Å²) in [4.78, 5) is 25.4. The molecular weight excluding hydrogens is 244 g/mol. The Morgan fingerprint density at radius 1 is 1.47 bits per heavy atom. The van der Waals surface area contributed by atoms with Crippen molar-refractivity contribution < 1.29 is 14.7 Å². The number of rotatable bonds is 5. The van der Waals surface area contributed by atoms with Gasteiger partial charge in [0.1, 0.15) is 0 Å². The summed E-state index contributed by atoms with van der Waals surface area (Å²) in [6.45, 7) is 3.81. The molecular formula is C14H24N2O3. The van der Waals surface area contributed by atoms with E-state index in [1.54, 1.807) is 4.90 Å². The molecule has 0 spiro atoms. The lowest BCUT2D eigenvalue weighted by Crippen LogP contribution is -2.41. The second-order valence-electron chi connectivity index (χ2n) is 5.92. The maximum absolute atomic E-state index is 12.1. The van der Waals surface area contributed by atoms with Crippen LogP contribution in [-0.2, 0) is 9.59 Å². The molecule has 1 atom stereocenters. The number of likely N-dealkylation sites (tertiary alicyclic amines) is 1. The maximum atomic E-state index is 12.1. The molecule has 0 aromatic carbocycles. The zero-order chi connectivity index (χ0) is 13.9. The van der Waals surface area contributed by atoms with Crippen LogP contribution in [0.3, 0.4) is 0 Å². The van der Waals surface area contributed by atoms with Gasteiger partial charge in [0.05, 0.1) is 12.5 Å². The van der Waals surface area contributed by atoms with Crippen LogP contribution in [0.15, 0.2) is 0 Å². The van der Waals surface area contributed by atoms with Gasteiger partial charge in [-0.2, -0.15) is 0 Å². The van der Waals surface area contributed by atoms with Gasteiger partial charge in [-0.15, -0.1) is 0 Å². The molecule has 2 amide bonds. The highest BCUT2D eigenvalue weighted by Gasteiger charge is 2.36. The summed E-state index contributed by atoms with van der Waals surface area (Å²) in [5, 5.41) is 12.4. The topological polar surface area (TPSA) is 69.6 Å². The molecule has 0 bridgehead atoms. The summed E-state index contributed by atoms with van der Waals surface area (Å²) in [7, 11) is 0. The Balaban J connectivity index is 1.83. The normalized spacial score (nSPS) is 25.9. The van der Waals surface area contributed by atoms with E-state index in [1.807, 2.05) is 6.92 Å². The molecule has 1 unspecified atom stereocenters. The molecule has 1 heterocycles. The van der Waals surface area contributed by atoms with Crippen LogP contribution in [0, 0.1) is 11.3 Å². The highest BCUT2D eigenvalue weighted by Crippen LogP contribution is 2.37. The smallest absolute Gasteiger partial charge is 0.225 e.